The minimum atomic E-state index is 0.157. The molecule has 5 heteroatoms. The first kappa shape index (κ1) is 13.2. The smallest absolute Gasteiger partial charge is 0.138 e. The maximum atomic E-state index is 8.85. The highest BCUT2D eigenvalue weighted by atomic mass is 35.5. The van der Waals surface area contributed by atoms with E-state index in [1.54, 1.807) is 0 Å². The number of aliphatic hydroxyl groups is 1. The molecule has 0 spiro atoms. The zero-order chi connectivity index (χ0) is 12.1. The lowest BCUT2D eigenvalue weighted by Gasteiger charge is -2.18. The lowest BCUT2D eigenvalue weighted by molar-refractivity contribution is 0.282. The van der Waals surface area contributed by atoms with Crippen molar-refractivity contribution in [2.75, 3.05) is 11.9 Å². The Hall–Kier alpha value is -0.870. The molecule has 0 radical (unpaired) electrons. The molecule has 2 N–H and O–H groups in total. The summed E-state index contributed by atoms with van der Waals surface area (Å²) in [4.78, 5) is 8.17. The number of anilines is 1. The molecule has 1 aromatic heterocycles. The Kier molecular flexibility index (Phi) is 4.96. The van der Waals surface area contributed by atoms with Gasteiger partial charge in [-0.1, -0.05) is 25.4 Å². The second-order valence-electron chi connectivity index (χ2n) is 4.14. The van der Waals surface area contributed by atoms with Crippen LogP contribution in [-0.4, -0.2) is 27.7 Å². The van der Waals surface area contributed by atoms with Gasteiger partial charge in [-0.25, -0.2) is 9.97 Å². The van der Waals surface area contributed by atoms with Gasteiger partial charge in [0.05, 0.1) is 0 Å². The van der Waals surface area contributed by atoms with Crippen LogP contribution in [0, 0.1) is 0 Å². The molecule has 0 saturated carbocycles. The van der Waals surface area contributed by atoms with Gasteiger partial charge in [-0.15, -0.1) is 0 Å². The molecule has 16 heavy (non-hydrogen) atoms. The van der Waals surface area contributed by atoms with Crippen LogP contribution in [0.5, 0.6) is 0 Å². The summed E-state index contributed by atoms with van der Waals surface area (Å²) in [5, 5.41) is 12.6. The summed E-state index contributed by atoms with van der Waals surface area (Å²) < 4.78 is 0. The predicted molar refractivity (Wildman–Crippen MR) is 65.9 cm³/mol. The molecule has 0 aliphatic carbocycles. The van der Waals surface area contributed by atoms with Crippen LogP contribution in [-0.2, 0) is 0 Å². The molecule has 90 valence electrons. The third-order valence-corrected chi connectivity index (χ3v) is 2.66. The second-order valence-corrected chi connectivity index (χ2v) is 4.50. The van der Waals surface area contributed by atoms with Crippen molar-refractivity contribution in [3.8, 4) is 0 Å². The van der Waals surface area contributed by atoms with E-state index in [1.165, 1.54) is 6.33 Å². The summed E-state index contributed by atoms with van der Waals surface area (Å²) >= 11 is 6.04. The average molecular weight is 244 g/mol. The lowest BCUT2D eigenvalue weighted by Crippen LogP contribution is -2.19. The van der Waals surface area contributed by atoms with E-state index in [0.29, 0.717) is 11.6 Å². The van der Waals surface area contributed by atoms with Crippen LogP contribution < -0.4 is 5.32 Å². The van der Waals surface area contributed by atoms with E-state index < -0.39 is 0 Å². The first-order valence-corrected chi connectivity index (χ1v) is 5.81. The van der Waals surface area contributed by atoms with Gasteiger partial charge in [-0.05, 0) is 19.3 Å². The van der Waals surface area contributed by atoms with Crippen molar-refractivity contribution in [1.29, 1.82) is 0 Å². The number of nitrogens with zero attached hydrogens (tertiary/aromatic N) is 2. The number of halogens is 1. The Labute approximate surface area is 101 Å². The minimum absolute atomic E-state index is 0.157. The number of aliphatic hydroxyl groups excluding tert-OH is 1. The van der Waals surface area contributed by atoms with E-state index >= 15 is 0 Å². The Balaban J connectivity index is 2.90. The van der Waals surface area contributed by atoms with Crippen LogP contribution in [0.1, 0.15) is 38.7 Å². The van der Waals surface area contributed by atoms with Crippen LogP contribution in [0.15, 0.2) is 6.33 Å². The van der Waals surface area contributed by atoms with Crippen molar-refractivity contribution < 1.29 is 5.11 Å². The van der Waals surface area contributed by atoms with Crippen LogP contribution in [0.4, 0.5) is 5.82 Å². The van der Waals surface area contributed by atoms with Crippen molar-refractivity contribution in [3.05, 3.63) is 17.0 Å². The Morgan fingerprint density at radius 1 is 1.38 bits per heavy atom. The lowest BCUT2D eigenvalue weighted by atomic mass is 10.1. The molecule has 0 fully saturated rings. The van der Waals surface area contributed by atoms with Gasteiger partial charge < -0.3 is 10.4 Å². The van der Waals surface area contributed by atoms with Gasteiger partial charge in [-0.2, -0.15) is 0 Å². The molecule has 0 aromatic carbocycles. The van der Waals surface area contributed by atoms with Crippen molar-refractivity contribution in [3.63, 3.8) is 0 Å². The molecule has 1 heterocycles. The molecule has 0 bridgehead atoms. The highest BCUT2D eigenvalue weighted by molar-refractivity contribution is 6.30. The Morgan fingerprint density at radius 3 is 2.62 bits per heavy atom. The zero-order valence-electron chi connectivity index (χ0n) is 9.87. The van der Waals surface area contributed by atoms with Crippen molar-refractivity contribution in [1.82, 2.24) is 9.97 Å². The quantitative estimate of drug-likeness (QED) is 0.780. The van der Waals surface area contributed by atoms with Crippen molar-refractivity contribution in [2.24, 2.45) is 0 Å². The fraction of sp³-hybridized carbons (Fsp3) is 0.636. The highest BCUT2D eigenvalue weighted by Gasteiger charge is 2.14. The van der Waals surface area contributed by atoms with Crippen LogP contribution in [0.2, 0.25) is 5.15 Å². The molecule has 0 aliphatic heterocycles. The fourth-order valence-electron chi connectivity index (χ4n) is 1.50. The fourth-order valence-corrected chi connectivity index (χ4v) is 1.85. The maximum absolute atomic E-state index is 8.85. The SMILES string of the molecule is CC(CCO)Nc1ncnc(Cl)c1C(C)C. The number of nitrogens with one attached hydrogen (secondary N) is 1. The first-order chi connectivity index (χ1) is 7.56. The van der Waals surface area contributed by atoms with E-state index in [-0.39, 0.29) is 18.6 Å². The van der Waals surface area contributed by atoms with Gasteiger partial charge in [0.25, 0.3) is 0 Å². The second kappa shape index (κ2) is 6.01. The van der Waals surface area contributed by atoms with Crippen molar-refractivity contribution >= 4 is 17.4 Å². The molecule has 0 amide bonds. The third-order valence-electron chi connectivity index (χ3n) is 2.36. The molecule has 1 rings (SSSR count). The zero-order valence-corrected chi connectivity index (χ0v) is 10.6. The predicted octanol–water partition coefficient (Wildman–Crippen LogP) is 2.44. The summed E-state index contributed by atoms with van der Waals surface area (Å²) in [6.07, 6.45) is 2.13. The third kappa shape index (κ3) is 3.32. The van der Waals surface area contributed by atoms with E-state index in [2.05, 4.69) is 15.3 Å². The van der Waals surface area contributed by atoms with E-state index in [0.717, 1.165) is 11.4 Å². The van der Waals surface area contributed by atoms with Crippen LogP contribution >= 0.6 is 11.6 Å². The molecule has 1 aromatic rings. The van der Waals surface area contributed by atoms with Gasteiger partial charge in [-0.3, -0.25) is 0 Å². The number of rotatable bonds is 5. The Morgan fingerprint density at radius 2 is 2.06 bits per heavy atom. The molecule has 4 nitrogen and oxygen atoms in total. The van der Waals surface area contributed by atoms with Gasteiger partial charge in [0.1, 0.15) is 17.3 Å². The molecule has 1 atom stereocenters. The molecular formula is C11H18ClN3O. The molecular weight excluding hydrogens is 226 g/mol. The summed E-state index contributed by atoms with van der Waals surface area (Å²) in [7, 11) is 0. The monoisotopic (exact) mass is 243 g/mol. The van der Waals surface area contributed by atoms with E-state index in [1.807, 2.05) is 20.8 Å². The van der Waals surface area contributed by atoms with Gasteiger partial charge in [0, 0.05) is 18.2 Å². The van der Waals surface area contributed by atoms with E-state index in [4.69, 9.17) is 16.7 Å². The van der Waals surface area contributed by atoms with Crippen LogP contribution in [0.25, 0.3) is 0 Å². The topological polar surface area (TPSA) is 58.0 Å². The summed E-state index contributed by atoms with van der Waals surface area (Å²) in [6, 6.07) is 0.161. The van der Waals surface area contributed by atoms with Crippen molar-refractivity contribution in [2.45, 2.75) is 39.2 Å². The number of hydrogen-bond donors (Lipinski definition) is 2. The summed E-state index contributed by atoms with van der Waals surface area (Å²) in [5.74, 6) is 1.02. The van der Waals surface area contributed by atoms with Gasteiger partial charge >= 0.3 is 0 Å². The largest absolute Gasteiger partial charge is 0.396 e. The standard InChI is InChI=1S/C11H18ClN3O/c1-7(2)9-10(12)13-6-14-11(9)15-8(3)4-5-16/h6-8,16H,4-5H2,1-3H3,(H,13,14,15). The number of aromatic nitrogens is 2. The normalized spacial score (nSPS) is 12.9. The first-order valence-electron chi connectivity index (χ1n) is 5.44. The molecule has 0 saturated heterocycles. The number of hydrogen-bond acceptors (Lipinski definition) is 4. The highest BCUT2D eigenvalue weighted by Crippen LogP contribution is 2.28. The molecule has 1 unspecified atom stereocenters. The summed E-state index contributed by atoms with van der Waals surface area (Å²) in [5.41, 5.74) is 0.925. The maximum Gasteiger partial charge on any atom is 0.138 e. The minimum Gasteiger partial charge on any atom is -0.396 e. The van der Waals surface area contributed by atoms with Gasteiger partial charge in [0.2, 0.25) is 0 Å². The van der Waals surface area contributed by atoms with Crippen LogP contribution in [0.3, 0.4) is 0 Å². The van der Waals surface area contributed by atoms with E-state index in [9.17, 15) is 0 Å². The summed E-state index contributed by atoms with van der Waals surface area (Å²) in [6.45, 7) is 6.25. The average Bonchev–Trinajstić information content (AvgIpc) is 2.17. The molecule has 0 aliphatic rings. The Bertz CT molecular complexity index is 344. The van der Waals surface area contributed by atoms with Gasteiger partial charge in [0.15, 0.2) is 0 Å².